The Kier molecular flexibility index (Phi) is 7.96. The molecule has 7 nitrogen and oxygen atoms in total. The predicted octanol–water partition coefficient (Wildman–Crippen LogP) is 3.27. The summed E-state index contributed by atoms with van der Waals surface area (Å²) in [6, 6.07) is 8.77. The van der Waals surface area contributed by atoms with E-state index in [0.717, 1.165) is 10.5 Å². The van der Waals surface area contributed by atoms with Crippen LogP contribution < -0.4 is 0 Å². The van der Waals surface area contributed by atoms with E-state index in [1.807, 2.05) is 30.3 Å². The van der Waals surface area contributed by atoms with Gasteiger partial charge in [-0.1, -0.05) is 36.4 Å². The number of rotatable bonds is 7. The van der Waals surface area contributed by atoms with Gasteiger partial charge in [0.25, 0.3) is 0 Å². The maximum atomic E-state index is 12.4. The molecule has 1 saturated heterocycles. The van der Waals surface area contributed by atoms with Gasteiger partial charge in [-0.2, -0.15) is 0 Å². The normalized spacial score (nSPS) is 18.2. The second-order valence-electron chi connectivity index (χ2n) is 7.80. The van der Waals surface area contributed by atoms with E-state index in [0.29, 0.717) is 26.1 Å². The predicted molar refractivity (Wildman–Crippen MR) is 107 cm³/mol. The third-order valence-electron chi connectivity index (χ3n) is 4.26. The molecule has 0 spiro atoms. The molecule has 1 aromatic carbocycles. The zero-order valence-electron chi connectivity index (χ0n) is 17.5. The molecule has 158 valence electrons. The molecule has 29 heavy (non-hydrogen) atoms. The average molecular weight is 403 g/mol. The van der Waals surface area contributed by atoms with Gasteiger partial charge >= 0.3 is 12.1 Å². The quantitative estimate of drug-likeness (QED) is 0.395. The van der Waals surface area contributed by atoms with Crippen LogP contribution >= 0.6 is 0 Å². The molecular weight excluding hydrogens is 374 g/mol. The third kappa shape index (κ3) is 6.71. The van der Waals surface area contributed by atoms with Gasteiger partial charge in [0.05, 0.1) is 20.3 Å². The molecular formula is C22H29NO6. The van der Waals surface area contributed by atoms with Crippen LogP contribution in [0.5, 0.6) is 0 Å². The Balaban J connectivity index is 1.95. The maximum absolute atomic E-state index is 12.4. The van der Waals surface area contributed by atoms with Crippen LogP contribution in [0.15, 0.2) is 42.0 Å². The number of allylic oxidation sites excluding steroid dienone is 1. The molecule has 1 atom stereocenters. The Morgan fingerprint density at radius 3 is 2.52 bits per heavy atom. The lowest BCUT2D eigenvalue weighted by atomic mass is 10.1. The second kappa shape index (κ2) is 10.2. The van der Waals surface area contributed by atoms with Crippen molar-refractivity contribution in [2.75, 3.05) is 20.3 Å². The van der Waals surface area contributed by atoms with Gasteiger partial charge in [0.15, 0.2) is 11.8 Å². The van der Waals surface area contributed by atoms with Crippen LogP contribution in [0.25, 0.3) is 0 Å². The molecule has 2 rings (SSSR count). The van der Waals surface area contributed by atoms with Crippen LogP contribution in [0, 0.1) is 0 Å². The summed E-state index contributed by atoms with van der Waals surface area (Å²) < 4.78 is 15.8. The number of esters is 1. The van der Waals surface area contributed by atoms with Crippen LogP contribution in [0.3, 0.4) is 0 Å². The lowest BCUT2D eigenvalue weighted by molar-refractivity contribution is -0.144. The van der Waals surface area contributed by atoms with Gasteiger partial charge < -0.3 is 14.2 Å². The first-order valence-electron chi connectivity index (χ1n) is 9.65. The largest absolute Gasteiger partial charge is 0.467 e. The van der Waals surface area contributed by atoms with E-state index in [1.54, 1.807) is 26.8 Å². The van der Waals surface area contributed by atoms with Crippen molar-refractivity contribution >= 4 is 17.8 Å². The minimum Gasteiger partial charge on any atom is -0.467 e. The highest BCUT2D eigenvalue weighted by atomic mass is 16.6. The zero-order valence-corrected chi connectivity index (χ0v) is 17.5. The molecule has 0 radical (unpaired) electrons. The highest BCUT2D eigenvalue weighted by molar-refractivity contribution is 6.09. The number of benzene rings is 1. The maximum Gasteiger partial charge on any atom is 0.411 e. The molecule has 0 aliphatic carbocycles. The van der Waals surface area contributed by atoms with E-state index in [-0.39, 0.29) is 17.9 Å². The number of unbranched alkanes of at least 4 members (excludes halogenated alkanes) is 1. The van der Waals surface area contributed by atoms with Crippen molar-refractivity contribution in [1.29, 1.82) is 0 Å². The minimum atomic E-state index is -1.08. The molecule has 1 fully saturated rings. The monoisotopic (exact) mass is 403 g/mol. The highest BCUT2D eigenvalue weighted by Crippen LogP contribution is 2.25. The van der Waals surface area contributed by atoms with E-state index >= 15 is 0 Å². The van der Waals surface area contributed by atoms with Gasteiger partial charge in [-0.15, -0.1) is 0 Å². The second-order valence-corrected chi connectivity index (χ2v) is 7.80. The molecule has 1 heterocycles. The first kappa shape index (κ1) is 22.6. The summed E-state index contributed by atoms with van der Waals surface area (Å²) in [6.45, 7) is 6.01. The number of nitrogens with zero attached hydrogens (tertiary/aromatic N) is 1. The van der Waals surface area contributed by atoms with Crippen molar-refractivity contribution in [3.63, 3.8) is 0 Å². The smallest absolute Gasteiger partial charge is 0.411 e. The summed E-state index contributed by atoms with van der Waals surface area (Å²) >= 11 is 0. The summed E-state index contributed by atoms with van der Waals surface area (Å²) in [6.07, 6.45) is 2.21. The average Bonchev–Trinajstić information content (AvgIpc) is 3.00. The number of methoxy groups -OCH3 is 1. The number of hydrogen-bond donors (Lipinski definition) is 0. The van der Waals surface area contributed by atoms with Gasteiger partial charge in [0.2, 0.25) is 0 Å². The molecule has 1 aliphatic heterocycles. The van der Waals surface area contributed by atoms with Crippen LogP contribution in [-0.2, 0) is 30.4 Å². The molecule has 7 heteroatoms. The number of ether oxygens (including phenoxy) is 3. The van der Waals surface area contributed by atoms with E-state index in [4.69, 9.17) is 14.2 Å². The summed E-state index contributed by atoms with van der Waals surface area (Å²) in [5.74, 6) is -0.940. The molecule has 0 aromatic heterocycles. The van der Waals surface area contributed by atoms with Crippen molar-refractivity contribution in [3.05, 3.63) is 47.5 Å². The summed E-state index contributed by atoms with van der Waals surface area (Å²) in [7, 11) is 1.23. The third-order valence-corrected chi connectivity index (χ3v) is 4.26. The van der Waals surface area contributed by atoms with Crippen LogP contribution in [-0.4, -0.2) is 54.7 Å². The van der Waals surface area contributed by atoms with Crippen molar-refractivity contribution in [1.82, 2.24) is 4.90 Å². The van der Waals surface area contributed by atoms with Gasteiger partial charge in [-0.05, 0) is 39.2 Å². The lowest BCUT2D eigenvalue weighted by Crippen LogP contribution is -2.44. The number of amides is 1. The van der Waals surface area contributed by atoms with Gasteiger partial charge in [-0.3, -0.25) is 9.69 Å². The lowest BCUT2D eigenvalue weighted by Gasteiger charge is -2.26. The Morgan fingerprint density at radius 1 is 1.21 bits per heavy atom. The molecule has 0 unspecified atom stereocenters. The van der Waals surface area contributed by atoms with Crippen molar-refractivity contribution in [3.8, 4) is 0 Å². The van der Waals surface area contributed by atoms with E-state index in [2.05, 4.69) is 0 Å². The number of ketones is 1. The van der Waals surface area contributed by atoms with E-state index < -0.39 is 23.7 Å². The van der Waals surface area contributed by atoms with Gasteiger partial charge in [-0.25, -0.2) is 9.59 Å². The fraction of sp³-hybridized carbons (Fsp3) is 0.500. The topological polar surface area (TPSA) is 82.1 Å². The van der Waals surface area contributed by atoms with Crippen molar-refractivity contribution < 1.29 is 28.6 Å². The Bertz CT molecular complexity index is 750. The standard InChI is InChI=1S/C22H29NO6/c1-22(2,3)29-21(26)23-14-18(24)17(19(23)20(25)27-4)12-8-9-13-28-15-16-10-6-5-7-11-16/h5-7,10-12,19H,8-9,13-15H2,1-4H3/b17-12-/t19-/m0/s1. The number of likely N-dealkylation sites (tertiary alicyclic amines) is 1. The Labute approximate surface area is 171 Å². The van der Waals surface area contributed by atoms with Crippen molar-refractivity contribution in [2.24, 2.45) is 0 Å². The Hall–Kier alpha value is -2.67. The number of Topliss-reactive ketones (excluding diaryl/α,β-unsaturated/α-hetero) is 1. The van der Waals surface area contributed by atoms with Gasteiger partial charge in [0, 0.05) is 12.2 Å². The van der Waals surface area contributed by atoms with Crippen LogP contribution in [0.2, 0.25) is 0 Å². The Morgan fingerprint density at radius 2 is 1.90 bits per heavy atom. The molecule has 0 saturated carbocycles. The SMILES string of the molecule is COC(=O)[C@@H]1/C(=C\CCCOCc2ccccc2)C(=O)CN1C(=O)OC(C)(C)C. The highest BCUT2D eigenvalue weighted by Gasteiger charge is 2.45. The fourth-order valence-electron chi connectivity index (χ4n) is 2.95. The molecule has 0 N–H and O–H groups in total. The summed E-state index contributed by atoms with van der Waals surface area (Å²) in [5.41, 5.74) is 0.630. The summed E-state index contributed by atoms with van der Waals surface area (Å²) in [4.78, 5) is 38.2. The number of carbonyl (C=O) groups excluding carboxylic acids is 3. The number of carbonyl (C=O) groups is 3. The minimum absolute atomic E-state index is 0.203. The molecule has 0 bridgehead atoms. The molecule has 1 aliphatic rings. The van der Waals surface area contributed by atoms with Gasteiger partial charge in [0.1, 0.15) is 5.60 Å². The van der Waals surface area contributed by atoms with Crippen LogP contribution in [0.4, 0.5) is 4.79 Å². The van der Waals surface area contributed by atoms with Crippen molar-refractivity contribution in [2.45, 2.75) is 51.9 Å². The summed E-state index contributed by atoms with van der Waals surface area (Å²) in [5, 5.41) is 0. The van der Waals surface area contributed by atoms with Crippen LogP contribution in [0.1, 0.15) is 39.2 Å². The zero-order chi connectivity index (χ0) is 21.4. The number of hydrogen-bond acceptors (Lipinski definition) is 6. The first-order valence-corrected chi connectivity index (χ1v) is 9.65. The first-order chi connectivity index (χ1) is 13.7. The fourth-order valence-corrected chi connectivity index (χ4v) is 2.95. The molecule has 1 aromatic rings. The molecule has 1 amide bonds. The van der Waals surface area contributed by atoms with E-state index in [9.17, 15) is 14.4 Å². The van der Waals surface area contributed by atoms with E-state index in [1.165, 1.54) is 7.11 Å².